The Morgan fingerprint density at radius 2 is 1.88 bits per heavy atom. The molecule has 0 radical (unpaired) electrons. The fourth-order valence-corrected chi connectivity index (χ4v) is 4.94. The van der Waals surface area contributed by atoms with Crippen molar-refractivity contribution in [2.45, 2.75) is 57.4 Å². The van der Waals surface area contributed by atoms with Gasteiger partial charge in [-0.3, -0.25) is 15.1 Å². The van der Waals surface area contributed by atoms with Crippen LogP contribution in [0.4, 0.5) is 5.69 Å². The van der Waals surface area contributed by atoms with Gasteiger partial charge in [-0.05, 0) is 68.6 Å². The minimum absolute atomic E-state index is 0.138. The van der Waals surface area contributed by atoms with E-state index < -0.39 is 0 Å². The molecule has 0 aliphatic heterocycles. The molecule has 4 heteroatoms. The number of nitro groups is 1. The average Bonchev–Trinajstić information content (AvgIpc) is 2.60. The SMILES string of the molecule is O=[N+]([O-])c1ccc(C=N[C@H]2[C@H]3CCC[C@H]2C2=C(CCCC2)C3)cc1. The van der Waals surface area contributed by atoms with Gasteiger partial charge in [0.15, 0.2) is 0 Å². The molecule has 1 saturated carbocycles. The minimum atomic E-state index is -0.358. The maximum atomic E-state index is 10.8. The van der Waals surface area contributed by atoms with E-state index in [9.17, 15) is 10.1 Å². The maximum Gasteiger partial charge on any atom is 0.269 e. The van der Waals surface area contributed by atoms with Crippen LogP contribution in [0.2, 0.25) is 0 Å². The van der Waals surface area contributed by atoms with Gasteiger partial charge in [0.2, 0.25) is 0 Å². The number of rotatable bonds is 3. The quantitative estimate of drug-likeness (QED) is 0.337. The molecule has 3 aliphatic carbocycles. The number of allylic oxidation sites excluding steroid dienone is 1. The van der Waals surface area contributed by atoms with Gasteiger partial charge in [0, 0.05) is 24.3 Å². The van der Waals surface area contributed by atoms with Crippen molar-refractivity contribution in [1.82, 2.24) is 0 Å². The highest BCUT2D eigenvalue weighted by atomic mass is 16.6. The van der Waals surface area contributed by atoms with Crippen LogP contribution in [0.1, 0.15) is 56.9 Å². The molecule has 0 heterocycles. The van der Waals surface area contributed by atoms with E-state index in [-0.39, 0.29) is 10.6 Å². The molecule has 0 saturated heterocycles. The van der Waals surface area contributed by atoms with Gasteiger partial charge >= 0.3 is 0 Å². The van der Waals surface area contributed by atoms with Gasteiger partial charge in [0.05, 0.1) is 11.0 Å². The van der Waals surface area contributed by atoms with Crippen molar-refractivity contribution in [1.29, 1.82) is 0 Å². The van der Waals surface area contributed by atoms with Gasteiger partial charge < -0.3 is 0 Å². The van der Waals surface area contributed by atoms with Crippen molar-refractivity contribution in [3.63, 3.8) is 0 Å². The fraction of sp³-hybridized carbons (Fsp3) is 0.550. The van der Waals surface area contributed by atoms with Crippen molar-refractivity contribution in [3.8, 4) is 0 Å². The number of benzene rings is 1. The van der Waals surface area contributed by atoms with Crippen LogP contribution in [-0.2, 0) is 0 Å². The predicted octanol–water partition coefficient (Wildman–Crippen LogP) is 5.07. The second-order valence-corrected chi connectivity index (χ2v) is 7.45. The monoisotopic (exact) mass is 324 g/mol. The van der Waals surface area contributed by atoms with Gasteiger partial charge in [-0.15, -0.1) is 0 Å². The first kappa shape index (κ1) is 15.6. The largest absolute Gasteiger partial charge is 0.288 e. The van der Waals surface area contributed by atoms with Crippen LogP contribution < -0.4 is 0 Å². The Morgan fingerprint density at radius 3 is 2.67 bits per heavy atom. The van der Waals surface area contributed by atoms with Crippen LogP contribution in [0.5, 0.6) is 0 Å². The normalized spacial score (nSPS) is 29.6. The highest BCUT2D eigenvalue weighted by Crippen LogP contribution is 2.49. The molecule has 126 valence electrons. The Kier molecular flexibility index (Phi) is 4.21. The third-order valence-corrected chi connectivity index (χ3v) is 6.07. The third kappa shape index (κ3) is 2.90. The van der Waals surface area contributed by atoms with Crippen LogP contribution >= 0.6 is 0 Å². The Balaban J connectivity index is 1.55. The lowest BCUT2D eigenvalue weighted by atomic mass is 9.63. The van der Waals surface area contributed by atoms with E-state index in [0.29, 0.717) is 17.9 Å². The van der Waals surface area contributed by atoms with Crippen LogP contribution in [-0.4, -0.2) is 17.2 Å². The summed E-state index contributed by atoms with van der Waals surface area (Å²) in [4.78, 5) is 15.4. The lowest BCUT2D eigenvalue weighted by Gasteiger charge is -2.44. The summed E-state index contributed by atoms with van der Waals surface area (Å²) in [7, 11) is 0. The number of fused-ring (bicyclic) bond motifs is 3. The van der Waals surface area contributed by atoms with E-state index in [4.69, 9.17) is 4.99 Å². The Bertz CT molecular complexity index is 690. The summed E-state index contributed by atoms with van der Waals surface area (Å²) in [5.74, 6) is 1.36. The Labute approximate surface area is 142 Å². The zero-order valence-electron chi connectivity index (χ0n) is 14.0. The van der Waals surface area contributed by atoms with Crippen molar-refractivity contribution in [2.24, 2.45) is 16.8 Å². The zero-order chi connectivity index (χ0) is 16.5. The van der Waals surface area contributed by atoms with Crippen LogP contribution in [0.25, 0.3) is 0 Å². The second kappa shape index (κ2) is 6.50. The second-order valence-electron chi connectivity index (χ2n) is 7.45. The molecule has 0 aromatic heterocycles. The van der Waals surface area contributed by atoms with Crippen LogP contribution in [0, 0.1) is 22.0 Å². The summed E-state index contributed by atoms with van der Waals surface area (Å²) in [6.45, 7) is 0. The number of hydrogen-bond acceptors (Lipinski definition) is 3. The minimum Gasteiger partial charge on any atom is -0.288 e. The van der Waals surface area contributed by atoms with E-state index in [2.05, 4.69) is 0 Å². The predicted molar refractivity (Wildman–Crippen MR) is 95.4 cm³/mol. The van der Waals surface area contributed by atoms with Crippen molar-refractivity contribution >= 4 is 11.9 Å². The molecule has 4 rings (SSSR count). The van der Waals surface area contributed by atoms with Gasteiger partial charge in [0.25, 0.3) is 5.69 Å². The first-order valence-electron chi connectivity index (χ1n) is 9.21. The summed E-state index contributed by atoms with van der Waals surface area (Å²) in [6, 6.07) is 7.14. The molecule has 0 spiro atoms. The smallest absolute Gasteiger partial charge is 0.269 e. The van der Waals surface area contributed by atoms with Crippen molar-refractivity contribution in [3.05, 3.63) is 51.1 Å². The molecule has 4 nitrogen and oxygen atoms in total. The highest BCUT2D eigenvalue weighted by Gasteiger charge is 2.40. The number of aliphatic imine (C=N–C) groups is 1. The molecule has 1 aromatic rings. The first-order chi connectivity index (χ1) is 11.7. The molecule has 1 fully saturated rings. The van der Waals surface area contributed by atoms with Gasteiger partial charge in [-0.2, -0.15) is 0 Å². The molecule has 24 heavy (non-hydrogen) atoms. The molecular weight excluding hydrogens is 300 g/mol. The van der Waals surface area contributed by atoms with Crippen molar-refractivity contribution < 1.29 is 4.92 Å². The first-order valence-corrected chi connectivity index (χ1v) is 9.21. The maximum absolute atomic E-state index is 10.8. The molecule has 3 aliphatic rings. The Hall–Kier alpha value is -1.97. The number of nitrogens with zero attached hydrogens (tertiary/aromatic N) is 2. The van der Waals surface area contributed by atoms with Crippen molar-refractivity contribution in [2.75, 3.05) is 0 Å². The summed E-state index contributed by atoms with van der Waals surface area (Å²) in [5.41, 5.74) is 4.60. The molecule has 0 unspecified atom stereocenters. The summed E-state index contributed by atoms with van der Waals surface area (Å²) in [6.07, 6.45) is 12.5. The summed E-state index contributed by atoms with van der Waals surface area (Å²) >= 11 is 0. The number of non-ortho nitro benzene ring substituents is 1. The number of nitro benzene ring substituents is 1. The molecule has 1 aromatic carbocycles. The average molecular weight is 324 g/mol. The standard InChI is InChI=1S/C20H24N2O2/c23-22(24)17-10-8-14(9-11-17)13-21-20-16-5-3-7-19(20)18-6-2-1-4-15(18)12-16/h8-11,13,16,19-20H,1-7,12H2/t16-,19-,20-/m0/s1. The van der Waals surface area contributed by atoms with Gasteiger partial charge in [0.1, 0.15) is 0 Å². The lowest BCUT2D eigenvalue weighted by molar-refractivity contribution is -0.384. The highest BCUT2D eigenvalue weighted by molar-refractivity contribution is 5.80. The number of hydrogen-bond donors (Lipinski definition) is 0. The van der Waals surface area contributed by atoms with Gasteiger partial charge in [-0.1, -0.05) is 17.6 Å². The van der Waals surface area contributed by atoms with E-state index in [1.807, 2.05) is 6.21 Å². The molecule has 2 bridgehead atoms. The van der Waals surface area contributed by atoms with E-state index in [0.717, 1.165) is 5.56 Å². The lowest BCUT2D eigenvalue weighted by Crippen LogP contribution is -2.38. The topological polar surface area (TPSA) is 55.5 Å². The molecular formula is C20H24N2O2. The summed E-state index contributed by atoms with van der Waals surface area (Å²) in [5, 5.41) is 10.8. The van der Waals surface area contributed by atoms with E-state index in [1.165, 1.54) is 51.4 Å². The van der Waals surface area contributed by atoms with Crippen LogP contribution in [0.3, 0.4) is 0 Å². The molecule has 0 N–H and O–H groups in total. The van der Waals surface area contributed by atoms with Gasteiger partial charge in [-0.25, -0.2) is 0 Å². The Morgan fingerprint density at radius 1 is 1.08 bits per heavy atom. The fourth-order valence-electron chi connectivity index (χ4n) is 4.94. The van der Waals surface area contributed by atoms with E-state index in [1.54, 1.807) is 35.4 Å². The summed E-state index contributed by atoms with van der Waals surface area (Å²) < 4.78 is 0. The molecule has 0 amide bonds. The molecule has 3 atom stereocenters. The third-order valence-electron chi connectivity index (χ3n) is 6.07. The van der Waals surface area contributed by atoms with E-state index >= 15 is 0 Å². The van der Waals surface area contributed by atoms with Crippen LogP contribution in [0.15, 0.2) is 40.4 Å². The zero-order valence-corrected chi connectivity index (χ0v) is 14.0.